The van der Waals surface area contributed by atoms with E-state index in [1.807, 2.05) is 0 Å². The van der Waals surface area contributed by atoms with Gasteiger partial charge in [-0.15, -0.1) is 0 Å². The number of non-ortho nitro benzene ring substituents is 1. The van der Waals surface area contributed by atoms with E-state index in [0.29, 0.717) is 4.32 Å². The fourth-order valence-electron chi connectivity index (χ4n) is 1.21. The highest BCUT2D eigenvalue weighted by Gasteiger charge is 2.21. The molecule has 0 aromatic heterocycles. The second-order valence-electron chi connectivity index (χ2n) is 2.90. The van der Waals surface area contributed by atoms with Gasteiger partial charge in [0.1, 0.15) is 9.69 Å². The maximum Gasteiger partial charge on any atom is 0.269 e. The Hall–Kier alpha value is -1.18. The third-order valence-electron chi connectivity index (χ3n) is 1.94. The number of nitro groups is 1. The highest BCUT2D eigenvalue weighted by molar-refractivity contribution is 8.23. The summed E-state index contributed by atoms with van der Waals surface area (Å²) in [5.74, 6) is 0. The standard InChI is InChI=1S/C8H7N3O2S2/c12-11(13)6-3-1-5(2-4-6)7-9-10-8(14)15-7/h1-4,7,9H,(H,10,14)/t7-/m0/s1. The molecule has 78 valence electrons. The van der Waals surface area contributed by atoms with Crippen LogP contribution in [0.25, 0.3) is 0 Å². The molecule has 1 aromatic carbocycles. The summed E-state index contributed by atoms with van der Waals surface area (Å²) in [6.45, 7) is 0. The number of benzene rings is 1. The molecule has 0 unspecified atom stereocenters. The van der Waals surface area contributed by atoms with Crippen molar-refractivity contribution >= 4 is 34.0 Å². The van der Waals surface area contributed by atoms with Crippen LogP contribution in [0.3, 0.4) is 0 Å². The number of nitrogens with one attached hydrogen (secondary N) is 2. The summed E-state index contributed by atoms with van der Waals surface area (Å²) in [5, 5.41) is 10.5. The average Bonchev–Trinajstić information content (AvgIpc) is 2.65. The molecular weight excluding hydrogens is 234 g/mol. The van der Waals surface area contributed by atoms with Crippen molar-refractivity contribution in [2.75, 3.05) is 0 Å². The first-order chi connectivity index (χ1) is 7.16. The smallest absolute Gasteiger partial charge is 0.269 e. The molecule has 2 N–H and O–H groups in total. The summed E-state index contributed by atoms with van der Waals surface area (Å²) < 4.78 is 0.679. The van der Waals surface area contributed by atoms with Gasteiger partial charge in [-0.05, 0) is 17.7 Å². The van der Waals surface area contributed by atoms with Crippen molar-refractivity contribution in [1.29, 1.82) is 0 Å². The van der Waals surface area contributed by atoms with Crippen molar-refractivity contribution in [3.05, 3.63) is 39.9 Å². The summed E-state index contributed by atoms with van der Waals surface area (Å²) in [6, 6.07) is 6.41. The normalized spacial score (nSPS) is 20.0. The molecule has 15 heavy (non-hydrogen) atoms. The number of hydrogen-bond donors (Lipinski definition) is 2. The van der Waals surface area contributed by atoms with E-state index in [-0.39, 0.29) is 11.1 Å². The molecule has 1 atom stereocenters. The predicted molar refractivity (Wildman–Crippen MR) is 62.3 cm³/mol. The van der Waals surface area contributed by atoms with E-state index in [1.165, 1.54) is 23.9 Å². The maximum atomic E-state index is 10.4. The first kappa shape index (κ1) is 10.3. The average molecular weight is 241 g/mol. The van der Waals surface area contributed by atoms with Crippen LogP contribution in [0.15, 0.2) is 24.3 Å². The molecule has 0 radical (unpaired) electrons. The summed E-state index contributed by atoms with van der Waals surface area (Å²) in [6.07, 6.45) is 0. The van der Waals surface area contributed by atoms with Crippen molar-refractivity contribution in [2.45, 2.75) is 5.37 Å². The summed E-state index contributed by atoms with van der Waals surface area (Å²) in [7, 11) is 0. The van der Waals surface area contributed by atoms with Crippen molar-refractivity contribution in [3.63, 3.8) is 0 Å². The highest BCUT2D eigenvalue weighted by Crippen LogP contribution is 2.30. The lowest BCUT2D eigenvalue weighted by atomic mass is 10.2. The molecule has 0 aliphatic carbocycles. The molecule has 0 bridgehead atoms. The Labute approximate surface area is 95.4 Å². The van der Waals surface area contributed by atoms with E-state index < -0.39 is 4.92 Å². The zero-order chi connectivity index (χ0) is 10.8. The molecule has 2 rings (SSSR count). The van der Waals surface area contributed by atoms with Gasteiger partial charge in [0.15, 0.2) is 0 Å². The Bertz CT molecular complexity index is 407. The van der Waals surface area contributed by atoms with Gasteiger partial charge in [0.05, 0.1) is 4.92 Å². The minimum atomic E-state index is -0.415. The predicted octanol–water partition coefficient (Wildman–Crippen LogP) is 1.72. The molecule has 1 aliphatic heterocycles. The molecule has 1 heterocycles. The number of nitrogens with zero attached hydrogens (tertiary/aromatic N) is 1. The fourth-order valence-corrected chi connectivity index (χ4v) is 2.30. The van der Waals surface area contributed by atoms with Crippen LogP contribution in [0, 0.1) is 10.1 Å². The molecule has 1 aromatic rings. The highest BCUT2D eigenvalue weighted by atomic mass is 32.2. The first-order valence-corrected chi connectivity index (χ1v) is 5.42. The van der Waals surface area contributed by atoms with Gasteiger partial charge in [0.25, 0.3) is 5.69 Å². The van der Waals surface area contributed by atoms with Gasteiger partial charge in [-0.2, -0.15) is 0 Å². The minimum Gasteiger partial charge on any atom is -0.305 e. The third kappa shape index (κ3) is 2.25. The Morgan fingerprint density at radius 2 is 2.07 bits per heavy atom. The molecule has 1 fully saturated rings. The summed E-state index contributed by atoms with van der Waals surface area (Å²) in [5.41, 5.74) is 6.84. The molecule has 1 saturated heterocycles. The number of hydrazine groups is 1. The Morgan fingerprint density at radius 1 is 1.40 bits per heavy atom. The van der Waals surface area contributed by atoms with Gasteiger partial charge in [0, 0.05) is 12.1 Å². The van der Waals surface area contributed by atoms with Gasteiger partial charge in [-0.3, -0.25) is 10.1 Å². The Kier molecular flexibility index (Phi) is 2.85. The summed E-state index contributed by atoms with van der Waals surface area (Å²) >= 11 is 6.42. The van der Waals surface area contributed by atoms with Gasteiger partial charge >= 0.3 is 0 Å². The lowest BCUT2D eigenvalue weighted by Crippen LogP contribution is -2.26. The van der Waals surface area contributed by atoms with Crippen LogP contribution in [0.5, 0.6) is 0 Å². The fraction of sp³-hybridized carbons (Fsp3) is 0.125. The van der Waals surface area contributed by atoms with Crippen LogP contribution in [-0.2, 0) is 0 Å². The molecule has 1 aliphatic rings. The summed E-state index contributed by atoms with van der Waals surface area (Å²) in [4.78, 5) is 10.0. The van der Waals surface area contributed by atoms with Crippen LogP contribution < -0.4 is 10.9 Å². The van der Waals surface area contributed by atoms with E-state index in [4.69, 9.17) is 12.2 Å². The van der Waals surface area contributed by atoms with E-state index >= 15 is 0 Å². The van der Waals surface area contributed by atoms with Gasteiger partial charge in [-0.25, -0.2) is 5.43 Å². The largest absolute Gasteiger partial charge is 0.305 e. The second kappa shape index (κ2) is 4.13. The SMILES string of the molecule is O=[N+]([O-])c1ccc([C@H]2NNC(=S)S2)cc1. The van der Waals surface area contributed by atoms with Crippen LogP contribution >= 0.6 is 24.0 Å². The van der Waals surface area contributed by atoms with Crippen molar-refractivity contribution < 1.29 is 4.92 Å². The van der Waals surface area contributed by atoms with E-state index in [2.05, 4.69) is 10.9 Å². The number of thioether (sulfide) groups is 1. The molecule has 7 heteroatoms. The first-order valence-electron chi connectivity index (χ1n) is 4.13. The molecule has 5 nitrogen and oxygen atoms in total. The Morgan fingerprint density at radius 3 is 2.53 bits per heavy atom. The number of thiocarbonyl (C=S) groups is 1. The topological polar surface area (TPSA) is 67.2 Å². The van der Waals surface area contributed by atoms with Crippen LogP contribution in [0.1, 0.15) is 10.9 Å². The Balaban J connectivity index is 2.17. The van der Waals surface area contributed by atoms with E-state index in [0.717, 1.165) is 5.56 Å². The lowest BCUT2D eigenvalue weighted by molar-refractivity contribution is -0.384. The van der Waals surface area contributed by atoms with Crippen molar-refractivity contribution in [1.82, 2.24) is 10.9 Å². The zero-order valence-corrected chi connectivity index (χ0v) is 9.10. The van der Waals surface area contributed by atoms with E-state index in [9.17, 15) is 10.1 Å². The van der Waals surface area contributed by atoms with Crippen LogP contribution in [0.4, 0.5) is 5.69 Å². The monoisotopic (exact) mass is 241 g/mol. The molecular formula is C8H7N3O2S2. The van der Waals surface area contributed by atoms with Crippen molar-refractivity contribution in [3.8, 4) is 0 Å². The van der Waals surface area contributed by atoms with Gasteiger partial charge < -0.3 is 5.43 Å². The maximum absolute atomic E-state index is 10.4. The van der Waals surface area contributed by atoms with Crippen LogP contribution in [-0.4, -0.2) is 9.24 Å². The van der Waals surface area contributed by atoms with Crippen LogP contribution in [0.2, 0.25) is 0 Å². The number of rotatable bonds is 2. The second-order valence-corrected chi connectivity index (χ2v) is 4.69. The zero-order valence-electron chi connectivity index (χ0n) is 7.47. The quantitative estimate of drug-likeness (QED) is 0.467. The molecule has 0 spiro atoms. The van der Waals surface area contributed by atoms with Crippen molar-refractivity contribution in [2.24, 2.45) is 0 Å². The number of hydrogen-bond acceptors (Lipinski definition) is 5. The third-order valence-corrected chi connectivity index (χ3v) is 3.27. The van der Waals surface area contributed by atoms with Gasteiger partial charge in [0.2, 0.25) is 0 Å². The lowest BCUT2D eigenvalue weighted by Gasteiger charge is -2.06. The number of nitro benzene ring substituents is 1. The minimum absolute atomic E-state index is 0.0262. The molecule has 0 amide bonds. The van der Waals surface area contributed by atoms with E-state index in [1.54, 1.807) is 12.1 Å². The van der Waals surface area contributed by atoms with Gasteiger partial charge in [-0.1, -0.05) is 24.0 Å². The molecule has 0 saturated carbocycles.